The molecule has 0 radical (unpaired) electrons. The van der Waals surface area contributed by atoms with Crippen LogP contribution in [0.4, 0.5) is 0 Å². The van der Waals surface area contributed by atoms with Gasteiger partial charge in [0.25, 0.3) is 0 Å². The summed E-state index contributed by atoms with van der Waals surface area (Å²) in [5.41, 5.74) is 7.93. The van der Waals surface area contributed by atoms with Gasteiger partial charge in [0.05, 0.1) is 6.04 Å². The first-order chi connectivity index (χ1) is 8.76. The summed E-state index contributed by atoms with van der Waals surface area (Å²) < 4.78 is 0. The lowest BCUT2D eigenvalue weighted by molar-refractivity contribution is 0.633. The maximum absolute atomic E-state index is 5.73. The minimum Gasteiger partial charge on any atom is -0.271 e. The zero-order chi connectivity index (χ0) is 13.0. The lowest BCUT2D eigenvalue weighted by atomic mass is 9.95. The highest BCUT2D eigenvalue weighted by atomic mass is 15.2. The van der Waals surface area contributed by atoms with Crippen LogP contribution in [0.25, 0.3) is 0 Å². The Balaban J connectivity index is 2.36. The standard InChI is InChI=1S/C16H20N2/c1-3-13-8-10-14(11-9-13)16(18-17)15-7-5-4-6-12(15)2/h4-11,16,18H,3,17H2,1-2H3. The van der Waals surface area contributed by atoms with Crippen LogP contribution in [-0.2, 0) is 6.42 Å². The van der Waals surface area contributed by atoms with Gasteiger partial charge in [-0.15, -0.1) is 0 Å². The SMILES string of the molecule is CCc1ccc(C(NN)c2ccccc2C)cc1. The molecule has 0 spiro atoms. The fourth-order valence-electron chi connectivity index (χ4n) is 2.22. The Bertz CT molecular complexity index is 503. The Labute approximate surface area is 109 Å². The molecular formula is C16H20N2. The molecule has 0 aliphatic carbocycles. The van der Waals surface area contributed by atoms with Gasteiger partial charge in [0.1, 0.15) is 0 Å². The molecule has 18 heavy (non-hydrogen) atoms. The molecule has 0 aliphatic heterocycles. The maximum atomic E-state index is 5.73. The molecule has 0 saturated carbocycles. The summed E-state index contributed by atoms with van der Waals surface area (Å²) in [6.07, 6.45) is 1.06. The van der Waals surface area contributed by atoms with Crippen molar-refractivity contribution < 1.29 is 0 Å². The zero-order valence-electron chi connectivity index (χ0n) is 11.0. The Morgan fingerprint density at radius 1 is 1.06 bits per heavy atom. The third-order valence-corrected chi connectivity index (χ3v) is 3.39. The summed E-state index contributed by atoms with van der Waals surface area (Å²) in [6, 6.07) is 17.0. The molecule has 0 aromatic heterocycles. The van der Waals surface area contributed by atoms with E-state index in [4.69, 9.17) is 5.84 Å². The fourth-order valence-corrected chi connectivity index (χ4v) is 2.22. The summed E-state index contributed by atoms with van der Waals surface area (Å²) >= 11 is 0. The van der Waals surface area contributed by atoms with Gasteiger partial charge in [0, 0.05) is 0 Å². The highest BCUT2D eigenvalue weighted by Gasteiger charge is 2.13. The Kier molecular flexibility index (Phi) is 4.13. The molecular weight excluding hydrogens is 220 g/mol. The summed E-state index contributed by atoms with van der Waals surface area (Å²) in [7, 11) is 0. The molecule has 0 aliphatic rings. The van der Waals surface area contributed by atoms with Crippen molar-refractivity contribution in [3.05, 3.63) is 70.8 Å². The average molecular weight is 240 g/mol. The second-order valence-corrected chi connectivity index (χ2v) is 4.55. The van der Waals surface area contributed by atoms with Crippen LogP contribution in [0.5, 0.6) is 0 Å². The predicted molar refractivity (Wildman–Crippen MR) is 76.2 cm³/mol. The van der Waals surface area contributed by atoms with Crippen molar-refractivity contribution in [2.24, 2.45) is 5.84 Å². The number of rotatable bonds is 4. The highest BCUT2D eigenvalue weighted by molar-refractivity contribution is 5.37. The van der Waals surface area contributed by atoms with Gasteiger partial charge in [-0.05, 0) is 35.6 Å². The van der Waals surface area contributed by atoms with Crippen LogP contribution in [0.3, 0.4) is 0 Å². The van der Waals surface area contributed by atoms with E-state index < -0.39 is 0 Å². The third-order valence-electron chi connectivity index (χ3n) is 3.39. The van der Waals surface area contributed by atoms with E-state index in [1.54, 1.807) is 0 Å². The van der Waals surface area contributed by atoms with Crippen molar-refractivity contribution in [1.82, 2.24) is 5.43 Å². The van der Waals surface area contributed by atoms with E-state index in [1.807, 2.05) is 12.1 Å². The van der Waals surface area contributed by atoms with E-state index in [2.05, 4.69) is 55.7 Å². The molecule has 2 rings (SSSR count). The van der Waals surface area contributed by atoms with Crippen LogP contribution in [0, 0.1) is 6.92 Å². The lowest BCUT2D eigenvalue weighted by Crippen LogP contribution is -2.29. The summed E-state index contributed by atoms with van der Waals surface area (Å²) in [6.45, 7) is 4.27. The molecule has 2 aromatic rings. The molecule has 1 unspecified atom stereocenters. The van der Waals surface area contributed by atoms with Crippen LogP contribution in [0.15, 0.2) is 48.5 Å². The van der Waals surface area contributed by atoms with Crippen molar-refractivity contribution in [2.45, 2.75) is 26.3 Å². The first-order valence-electron chi connectivity index (χ1n) is 6.36. The molecule has 2 nitrogen and oxygen atoms in total. The van der Waals surface area contributed by atoms with Crippen LogP contribution < -0.4 is 11.3 Å². The van der Waals surface area contributed by atoms with E-state index in [9.17, 15) is 0 Å². The van der Waals surface area contributed by atoms with Crippen molar-refractivity contribution in [1.29, 1.82) is 0 Å². The van der Waals surface area contributed by atoms with Gasteiger partial charge in [0.2, 0.25) is 0 Å². The van der Waals surface area contributed by atoms with Crippen molar-refractivity contribution >= 4 is 0 Å². The number of nitrogens with one attached hydrogen (secondary N) is 1. The van der Waals surface area contributed by atoms with Gasteiger partial charge in [0.15, 0.2) is 0 Å². The first-order valence-corrected chi connectivity index (χ1v) is 6.36. The van der Waals surface area contributed by atoms with E-state index in [1.165, 1.54) is 22.3 Å². The second-order valence-electron chi connectivity index (χ2n) is 4.55. The van der Waals surface area contributed by atoms with E-state index in [0.717, 1.165) is 6.42 Å². The topological polar surface area (TPSA) is 38.0 Å². The van der Waals surface area contributed by atoms with E-state index >= 15 is 0 Å². The fraction of sp³-hybridized carbons (Fsp3) is 0.250. The molecule has 0 bridgehead atoms. The molecule has 2 aromatic carbocycles. The molecule has 0 fully saturated rings. The monoisotopic (exact) mass is 240 g/mol. The van der Waals surface area contributed by atoms with Gasteiger partial charge < -0.3 is 0 Å². The van der Waals surface area contributed by atoms with Crippen molar-refractivity contribution in [3.8, 4) is 0 Å². The molecule has 2 heteroatoms. The van der Waals surface area contributed by atoms with Gasteiger partial charge >= 0.3 is 0 Å². The highest BCUT2D eigenvalue weighted by Crippen LogP contribution is 2.24. The summed E-state index contributed by atoms with van der Waals surface area (Å²) in [5, 5.41) is 0. The van der Waals surface area contributed by atoms with Crippen LogP contribution in [0.1, 0.15) is 35.2 Å². The Hall–Kier alpha value is -1.64. The lowest BCUT2D eigenvalue weighted by Gasteiger charge is -2.19. The van der Waals surface area contributed by atoms with E-state index in [-0.39, 0.29) is 6.04 Å². The van der Waals surface area contributed by atoms with Crippen molar-refractivity contribution in [3.63, 3.8) is 0 Å². The van der Waals surface area contributed by atoms with Crippen LogP contribution in [-0.4, -0.2) is 0 Å². The van der Waals surface area contributed by atoms with Crippen LogP contribution >= 0.6 is 0 Å². The number of hydrogen-bond acceptors (Lipinski definition) is 2. The first kappa shape index (κ1) is 12.8. The number of nitrogens with two attached hydrogens (primary N) is 1. The molecule has 0 saturated heterocycles. The maximum Gasteiger partial charge on any atom is 0.0712 e. The Morgan fingerprint density at radius 3 is 2.28 bits per heavy atom. The van der Waals surface area contributed by atoms with Gasteiger partial charge in [-0.3, -0.25) is 5.84 Å². The third kappa shape index (κ3) is 2.61. The molecule has 0 heterocycles. The van der Waals surface area contributed by atoms with E-state index in [0.29, 0.717) is 0 Å². The summed E-state index contributed by atoms with van der Waals surface area (Å²) in [5.74, 6) is 5.73. The zero-order valence-corrected chi connectivity index (χ0v) is 11.0. The number of benzene rings is 2. The minimum atomic E-state index is 0.0529. The predicted octanol–water partition coefficient (Wildman–Crippen LogP) is 3.11. The van der Waals surface area contributed by atoms with Gasteiger partial charge in [-0.25, -0.2) is 5.43 Å². The molecule has 3 N–H and O–H groups in total. The Morgan fingerprint density at radius 2 is 1.72 bits per heavy atom. The van der Waals surface area contributed by atoms with Gasteiger partial charge in [-0.2, -0.15) is 0 Å². The smallest absolute Gasteiger partial charge is 0.0712 e. The molecule has 0 amide bonds. The molecule has 94 valence electrons. The largest absolute Gasteiger partial charge is 0.271 e. The number of aryl methyl sites for hydroxylation is 2. The average Bonchev–Trinajstić information content (AvgIpc) is 2.42. The molecule has 1 atom stereocenters. The summed E-state index contributed by atoms with van der Waals surface area (Å²) in [4.78, 5) is 0. The number of hydrogen-bond donors (Lipinski definition) is 2. The number of hydrazine groups is 1. The normalized spacial score (nSPS) is 12.4. The van der Waals surface area contributed by atoms with Gasteiger partial charge in [-0.1, -0.05) is 55.5 Å². The van der Waals surface area contributed by atoms with Crippen LogP contribution in [0.2, 0.25) is 0 Å². The van der Waals surface area contributed by atoms with Crippen molar-refractivity contribution in [2.75, 3.05) is 0 Å². The second kappa shape index (κ2) is 5.80. The minimum absolute atomic E-state index is 0.0529. The quantitative estimate of drug-likeness (QED) is 0.636.